The van der Waals surface area contributed by atoms with E-state index in [1.807, 2.05) is 50.2 Å². The first kappa shape index (κ1) is 16.2. The van der Waals surface area contributed by atoms with Crippen molar-refractivity contribution in [1.82, 2.24) is 14.3 Å². The van der Waals surface area contributed by atoms with Crippen molar-refractivity contribution in [2.45, 2.75) is 20.4 Å². The number of benzene rings is 1. The van der Waals surface area contributed by atoms with Crippen molar-refractivity contribution in [3.05, 3.63) is 54.0 Å². The number of anilines is 1. The second-order valence-corrected chi connectivity index (χ2v) is 5.76. The van der Waals surface area contributed by atoms with Crippen LogP contribution in [0.15, 0.2) is 42.6 Å². The van der Waals surface area contributed by atoms with Gasteiger partial charge in [-0.15, -0.1) is 0 Å². The highest BCUT2D eigenvalue weighted by Crippen LogP contribution is 2.23. The highest BCUT2D eigenvalue weighted by molar-refractivity contribution is 7.09. The van der Waals surface area contributed by atoms with E-state index in [4.69, 9.17) is 9.47 Å². The number of hydrogen-bond donors (Lipinski definition) is 1. The summed E-state index contributed by atoms with van der Waals surface area (Å²) >= 11 is 1.35. The lowest BCUT2D eigenvalue weighted by Gasteiger charge is -2.08. The molecule has 6 nitrogen and oxygen atoms in total. The predicted octanol–water partition coefficient (Wildman–Crippen LogP) is 4.04. The average molecular weight is 342 g/mol. The van der Waals surface area contributed by atoms with Crippen molar-refractivity contribution in [2.24, 2.45) is 0 Å². The summed E-state index contributed by atoms with van der Waals surface area (Å²) in [5, 5.41) is 4.04. The Labute approximate surface area is 144 Å². The normalized spacial score (nSPS) is 10.4. The summed E-state index contributed by atoms with van der Waals surface area (Å²) < 4.78 is 15.3. The van der Waals surface area contributed by atoms with Gasteiger partial charge in [0.2, 0.25) is 11.0 Å². The topological polar surface area (TPSA) is 69.2 Å². The Kier molecular flexibility index (Phi) is 5.22. The van der Waals surface area contributed by atoms with E-state index >= 15 is 0 Å². The highest BCUT2D eigenvalue weighted by Gasteiger charge is 2.03. The zero-order valence-corrected chi connectivity index (χ0v) is 14.3. The number of aromatic nitrogens is 3. The lowest BCUT2D eigenvalue weighted by molar-refractivity contribution is 0.339. The number of nitrogens with zero attached hydrogens (tertiary/aromatic N) is 3. The van der Waals surface area contributed by atoms with E-state index in [1.165, 1.54) is 11.5 Å². The van der Waals surface area contributed by atoms with Crippen molar-refractivity contribution in [1.29, 1.82) is 0 Å². The van der Waals surface area contributed by atoms with Gasteiger partial charge in [0.25, 0.3) is 0 Å². The van der Waals surface area contributed by atoms with E-state index < -0.39 is 0 Å². The second-order valence-electron chi connectivity index (χ2n) is 5.01. The summed E-state index contributed by atoms with van der Waals surface area (Å²) in [4.78, 5) is 8.52. The number of hydrogen-bond acceptors (Lipinski definition) is 7. The maximum Gasteiger partial charge on any atom is 0.219 e. The van der Waals surface area contributed by atoms with E-state index in [9.17, 15) is 0 Å². The Morgan fingerprint density at radius 2 is 1.92 bits per heavy atom. The van der Waals surface area contributed by atoms with Crippen LogP contribution in [0.1, 0.15) is 18.3 Å². The summed E-state index contributed by atoms with van der Waals surface area (Å²) in [5.74, 6) is 2.86. The Bertz CT molecular complexity index is 789. The highest BCUT2D eigenvalue weighted by atomic mass is 32.1. The van der Waals surface area contributed by atoms with Gasteiger partial charge < -0.3 is 14.8 Å². The van der Waals surface area contributed by atoms with Crippen LogP contribution in [0.3, 0.4) is 0 Å². The summed E-state index contributed by atoms with van der Waals surface area (Å²) in [5.41, 5.74) is 1.05. The molecular weight excluding hydrogens is 324 g/mol. The smallest absolute Gasteiger partial charge is 0.219 e. The fourth-order valence-electron chi connectivity index (χ4n) is 2.05. The minimum absolute atomic E-state index is 0.548. The van der Waals surface area contributed by atoms with E-state index in [0.717, 1.165) is 28.0 Å². The molecule has 0 unspecified atom stereocenters. The van der Waals surface area contributed by atoms with Gasteiger partial charge in [0, 0.05) is 30.3 Å². The van der Waals surface area contributed by atoms with Crippen LogP contribution in [-0.2, 0) is 6.54 Å². The Hall–Kier alpha value is -2.67. The number of ether oxygens (including phenoxy) is 2. The first-order valence-corrected chi connectivity index (χ1v) is 8.40. The van der Waals surface area contributed by atoms with Crippen LogP contribution in [0.5, 0.6) is 17.4 Å². The Morgan fingerprint density at radius 3 is 2.62 bits per heavy atom. The van der Waals surface area contributed by atoms with Gasteiger partial charge in [-0.3, -0.25) is 0 Å². The summed E-state index contributed by atoms with van der Waals surface area (Å²) in [6.45, 7) is 5.11. The fraction of sp³-hybridized carbons (Fsp3) is 0.235. The van der Waals surface area contributed by atoms with Crippen molar-refractivity contribution >= 4 is 16.7 Å². The van der Waals surface area contributed by atoms with Crippen LogP contribution in [-0.4, -0.2) is 20.9 Å². The molecule has 0 saturated heterocycles. The standard InChI is InChI=1S/C17H18N4O2S/c1-3-22-14-4-6-15(7-5-14)23-16-10-13(8-9-18-16)11-19-17-20-12(2)21-24-17/h4-10H,3,11H2,1-2H3,(H,19,20,21). The van der Waals surface area contributed by atoms with Gasteiger partial charge in [-0.2, -0.15) is 4.37 Å². The van der Waals surface area contributed by atoms with E-state index in [1.54, 1.807) is 6.20 Å². The van der Waals surface area contributed by atoms with Gasteiger partial charge in [0.1, 0.15) is 17.3 Å². The third-order valence-corrected chi connectivity index (χ3v) is 3.89. The molecule has 0 aliphatic carbocycles. The largest absolute Gasteiger partial charge is 0.494 e. The van der Waals surface area contributed by atoms with Gasteiger partial charge in [0.15, 0.2) is 0 Å². The zero-order chi connectivity index (χ0) is 16.8. The van der Waals surface area contributed by atoms with E-state index in [-0.39, 0.29) is 0 Å². The molecule has 0 amide bonds. The van der Waals surface area contributed by atoms with E-state index in [2.05, 4.69) is 19.7 Å². The molecule has 0 atom stereocenters. The second kappa shape index (κ2) is 7.74. The summed E-state index contributed by atoms with van der Waals surface area (Å²) in [6.07, 6.45) is 1.73. The third kappa shape index (κ3) is 4.42. The molecule has 1 aromatic carbocycles. The van der Waals surface area contributed by atoms with Crippen LogP contribution in [0.2, 0.25) is 0 Å². The van der Waals surface area contributed by atoms with Gasteiger partial charge >= 0.3 is 0 Å². The number of nitrogens with one attached hydrogen (secondary N) is 1. The number of rotatable bonds is 7. The Morgan fingerprint density at radius 1 is 1.12 bits per heavy atom. The molecule has 0 aliphatic heterocycles. The molecule has 2 aromatic heterocycles. The molecular formula is C17H18N4O2S. The molecule has 0 bridgehead atoms. The van der Waals surface area contributed by atoms with Crippen LogP contribution < -0.4 is 14.8 Å². The maximum atomic E-state index is 5.79. The average Bonchev–Trinajstić information content (AvgIpc) is 3.01. The van der Waals surface area contributed by atoms with Gasteiger partial charge in [0.05, 0.1) is 6.61 Å². The molecule has 24 heavy (non-hydrogen) atoms. The quantitative estimate of drug-likeness (QED) is 0.699. The molecule has 0 radical (unpaired) electrons. The molecule has 0 saturated carbocycles. The third-order valence-electron chi connectivity index (χ3n) is 3.13. The molecule has 0 fully saturated rings. The van der Waals surface area contributed by atoms with Gasteiger partial charge in [-0.1, -0.05) is 0 Å². The lowest BCUT2D eigenvalue weighted by atomic mass is 10.2. The molecule has 124 valence electrons. The summed E-state index contributed by atoms with van der Waals surface area (Å²) in [7, 11) is 0. The van der Waals surface area contributed by atoms with Crippen molar-refractivity contribution in [3.8, 4) is 17.4 Å². The molecule has 7 heteroatoms. The van der Waals surface area contributed by atoms with E-state index in [0.29, 0.717) is 19.0 Å². The van der Waals surface area contributed by atoms with Gasteiger partial charge in [-0.25, -0.2) is 9.97 Å². The molecule has 2 heterocycles. The monoisotopic (exact) mass is 342 g/mol. The SMILES string of the molecule is CCOc1ccc(Oc2cc(CNc3nc(C)ns3)ccn2)cc1. The number of aryl methyl sites for hydroxylation is 1. The van der Waals surface area contributed by atoms with Gasteiger partial charge in [-0.05, 0) is 49.7 Å². The lowest BCUT2D eigenvalue weighted by Crippen LogP contribution is -2.00. The minimum Gasteiger partial charge on any atom is -0.494 e. The minimum atomic E-state index is 0.548. The first-order chi connectivity index (χ1) is 11.7. The van der Waals surface area contributed by atoms with Crippen LogP contribution in [0.4, 0.5) is 5.13 Å². The number of pyridine rings is 1. The first-order valence-electron chi connectivity index (χ1n) is 7.63. The molecule has 0 aliphatic rings. The molecule has 3 aromatic rings. The molecule has 0 spiro atoms. The predicted molar refractivity (Wildman–Crippen MR) is 93.9 cm³/mol. The van der Waals surface area contributed by atoms with Crippen LogP contribution in [0.25, 0.3) is 0 Å². The van der Waals surface area contributed by atoms with Crippen molar-refractivity contribution in [3.63, 3.8) is 0 Å². The maximum absolute atomic E-state index is 5.79. The van der Waals surface area contributed by atoms with Crippen LogP contribution >= 0.6 is 11.5 Å². The van der Waals surface area contributed by atoms with Crippen molar-refractivity contribution in [2.75, 3.05) is 11.9 Å². The zero-order valence-electron chi connectivity index (χ0n) is 13.5. The Balaban J connectivity index is 1.62. The fourth-order valence-corrected chi connectivity index (χ4v) is 2.62. The molecule has 1 N–H and O–H groups in total. The molecule has 3 rings (SSSR count). The van der Waals surface area contributed by atoms with Crippen molar-refractivity contribution < 1.29 is 9.47 Å². The van der Waals surface area contributed by atoms with Crippen LogP contribution in [0, 0.1) is 6.92 Å². The summed E-state index contributed by atoms with van der Waals surface area (Å²) in [6, 6.07) is 11.3.